The SMILES string of the molecule is COc1ccccc1OCCNC(=O)c1cc(C)n(-c2cccc(C)c2)c1C. The Labute approximate surface area is 165 Å². The summed E-state index contributed by atoms with van der Waals surface area (Å²) in [5.41, 5.74) is 4.87. The van der Waals surface area contributed by atoms with Crippen LogP contribution in [0.4, 0.5) is 0 Å². The van der Waals surface area contributed by atoms with Crippen molar-refractivity contribution in [2.24, 2.45) is 0 Å². The third-order valence-corrected chi connectivity index (χ3v) is 4.65. The highest BCUT2D eigenvalue weighted by atomic mass is 16.5. The lowest BCUT2D eigenvalue weighted by atomic mass is 10.2. The van der Waals surface area contributed by atoms with Crippen molar-refractivity contribution in [1.82, 2.24) is 9.88 Å². The number of hydrogen-bond donors (Lipinski definition) is 1. The van der Waals surface area contributed by atoms with E-state index >= 15 is 0 Å². The first-order valence-electron chi connectivity index (χ1n) is 9.31. The number of carbonyl (C=O) groups excluding carboxylic acids is 1. The molecule has 0 saturated heterocycles. The largest absolute Gasteiger partial charge is 0.493 e. The zero-order chi connectivity index (χ0) is 20.1. The van der Waals surface area contributed by atoms with Crippen molar-refractivity contribution in [1.29, 1.82) is 0 Å². The fourth-order valence-electron chi connectivity index (χ4n) is 3.32. The van der Waals surface area contributed by atoms with E-state index in [0.29, 0.717) is 30.2 Å². The van der Waals surface area contributed by atoms with Gasteiger partial charge in [-0.15, -0.1) is 0 Å². The van der Waals surface area contributed by atoms with E-state index in [9.17, 15) is 4.79 Å². The molecule has 2 aromatic carbocycles. The summed E-state index contributed by atoms with van der Waals surface area (Å²) in [5.74, 6) is 1.24. The Morgan fingerprint density at radius 1 is 1.00 bits per heavy atom. The van der Waals surface area contributed by atoms with E-state index in [1.54, 1.807) is 7.11 Å². The molecule has 0 saturated carbocycles. The normalized spacial score (nSPS) is 10.6. The molecule has 28 heavy (non-hydrogen) atoms. The Bertz CT molecular complexity index is 976. The van der Waals surface area contributed by atoms with Crippen molar-refractivity contribution in [2.75, 3.05) is 20.3 Å². The number of rotatable bonds is 7. The smallest absolute Gasteiger partial charge is 0.253 e. The standard InChI is InChI=1S/C23H26N2O3/c1-16-8-7-9-19(14-16)25-17(2)15-20(18(25)3)23(26)24-12-13-28-22-11-6-5-10-21(22)27-4/h5-11,14-15H,12-13H2,1-4H3,(H,24,26). The maximum absolute atomic E-state index is 12.7. The lowest BCUT2D eigenvalue weighted by Crippen LogP contribution is -2.28. The molecule has 0 fully saturated rings. The average Bonchev–Trinajstić information content (AvgIpc) is 2.99. The number of nitrogens with one attached hydrogen (secondary N) is 1. The number of carbonyl (C=O) groups is 1. The number of aromatic nitrogens is 1. The Balaban J connectivity index is 1.64. The number of para-hydroxylation sites is 2. The highest BCUT2D eigenvalue weighted by molar-refractivity contribution is 5.95. The summed E-state index contributed by atoms with van der Waals surface area (Å²) in [6, 6.07) is 17.6. The van der Waals surface area contributed by atoms with E-state index in [0.717, 1.165) is 17.1 Å². The highest BCUT2D eigenvalue weighted by Crippen LogP contribution is 2.25. The minimum Gasteiger partial charge on any atom is -0.493 e. The van der Waals surface area contributed by atoms with Gasteiger partial charge in [-0.3, -0.25) is 4.79 Å². The molecule has 3 aromatic rings. The van der Waals surface area contributed by atoms with Gasteiger partial charge < -0.3 is 19.4 Å². The fourth-order valence-corrected chi connectivity index (χ4v) is 3.32. The molecular weight excluding hydrogens is 352 g/mol. The molecule has 1 amide bonds. The van der Waals surface area contributed by atoms with Crippen LogP contribution in [0, 0.1) is 20.8 Å². The lowest BCUT2D eigenvalue weighted by molar-refractivity contribution is 0.0946. The summed E-state index contributed by atoms with van der Waals surface area (Å²) in [6.45, 7) is 6.81. The molecule has 0 bridgehead atoms. The van der Waals surface area contributed by atoms with Gasteiger partial charge in [0, 0.05) is 17.1 Å². The zero-order valence-electron chi connectivity index (χ0n) is 16.8. The molecule has 1 aromatic heterocycles. The summed E-state index contributed by atoms with van der Waals surface area (Å²) in [6.07, 6.45) is 0. The van der Waals surface area contributed by atoms with Gasteiger partial charge in [0.25, 0.3) is 5.91 Å². The van der Waals surface area contributed by atoms with E-state index in [1.165, 1.54) is 5.56 Å². The third-order valence-electron chi connectivity index (χ3n) is 4.65. The van der Waals surface area contributed by atoms with Gasteiger partial charge in [0.2, 0.25) is 0 Å². The Kier molecular flexibility index (Phi) is 6.04. The number of ether oxygens (including phenoxy) is 2. The molecule has 146 valence electrons. The number of nitrogens with zero attached hydrogens (tertiary/aromatic N) is 1. The molecule has 5 heteroatoms. The number of benzene rings is 2. The van der Waals surface area contributed by atoms with E-state index in [-0.39, 0.29) is 5.91 Å². The first-order valence-corrected chi connectivity index (χ1v) is 9.31. The van der Waals surface area contributed by atoms with Crippen LogP contribution in [0.3, 0.4) is 0 Å². The van der Waals surface area contributed by atoms with Crippen LogP contribution >= 0.6 is 0 Å². The van der Waals surface area contributed by atoms with E-state index in [2.05, 4.69) is 35.0 Å². The average molecular weight is 378 g/mol. The van der Waals surface area contributed by atoms with Crippen molar-refractivity contribution < 1.29 is 14.3 Å². The summed E-state index contributed by atoms with van der Waals surface area (Å²) < 4.78 is 13.1. The fraction of sp³-hybridized carbons (Fsp3) is 0.261. The Morgan fingerprint density at radius 3 is 2.46 bits per heavy atom. The predicted octanol–water partition coefficient (Wildman–Crippen LogP) is 4.22. The van der Waals surface area contributed by atoms with Crippen LogP contribution in [-0.4, -0.2) is 30.7 Å². The minimum absolute atomic E-state index is 0.101. The van der Waals surface area contributed by atoms with Gasteiger partial charge >= 0.3 is 0 Å². The third kappa shape index (κ3) is 4.19. The second kappa shape index (κ2) is 8.65. The Hall–Kier alpha value is -3.21. The van der Waals surface area contributed by atoms with Crippen LogP contribution in [0.15, 0.2) is 54.6 Å². The molecule has 0 aliphatic carbocycles. The van der Waals surface area contributed by atoms with Crippen LogP contribution < -0.4 is 14.8 Å². The lowest BCUT2D eigenvalue weighted by Gasteiger charge is -2.12. The molecule has 0 atom stereocenters. The first-order chi connectivity index (χ1) is 13.5. The van der Waals surface area contributed by atoms with Crippen molar-refractivity contribution in [2.45, 2.75) is 20.8 Å². The highest BCUT2D eigenvalue weighted by Gasteiger charge is 2.16. The van der Waals surface area contributed by atoms with Crippen molar-refractivity contribution in [3.63, 3.8) is 0 Å². The van der Waals surface area contributed by atoms with Gasteiger partial charge in [-0.25, -0.2) is 0 Å². The van der Waals surface area contributed by atoms with Gasteiger partial charge in [-0.05, 0) is 56.7 Å². The van der Waals surface area contributed by atoms with Crippen LogP contribution in [0.5, 0.6) is 11.5 Å². The van der Waals surface area contributed by atoms with E-state index < -0.39 is 0 Å². The summed E-state index contributed by atoms with van der Waals surface area (Å²) in [5, 5.41) is 2.93. The molecule has 0 aliphatic rings. The van der Waals surface area contributed by atoms with Gasteiger partial charge in [0.05, 0.1) is 19.2 Å². The van der Waals surface area contributed by atoms with Crippen molar-refractivity contribution >= 4 is 5.91 Å². The second-order valence-electron chi connectivity index (χ2n) is 6.71. The van der Waals surface area contributed by atoms with E-state index in [1.807, 2.05) is 50.2 Å². The summed E-state index contributed by atoms with van der Waals surface area (Å²) in [4.78, 5) is 12.7. The minimum atomic E-state index is -0.101. The van der Waals surface area contributed by atoms with Gasteiger partial charge in [-0.1, -0.05) is 24.3 Å². The van der Waals surface area contributed by atoms with E-state index in [4.69, 9.17) is 9.47 Å². The molecule has 0 radical (unpaired) electrons. The maximum Gasteiger partial charge on any atom is 0.253 e. The molecule has 0 aliphatic heterocycles. The summed E-state index contributed by atoms with van der Waals surface area (Å²) >= 11 is 0. The van der Waals surface area contributed by atoms with Crippen molar-refractivity contribution in [3.8, 4) is 17.2 Å². The molecule has 5 nitrogen and oxygen atoms in total. The first kappa shape index (κ1) is 19.5. The summed E-state index contributed by atoms with van der Waals surface area (Å²) in [7, 11) is 1.61. The second-order valence-corrected chi connectivity index (χ2v) is 6.71. The van der Waals surface area contributed by atoms with Gasteiger partial charge in [0.1, 0.15) is 6.61 Å². The molecule has 1 N–H and O–H groups in total. The van der Waals surface area contributed by atoms with Gasteiger partial charge in [-0.2, -0.15) is 0 Å². The van der Waals surface area contributed by atoms with Gasteiger partial charge in [0.15, 0.2) is 11.5 Å². The molecule has 0 spiro atoms. The number of methoxy groups -OCH3 is 1. The maximum atomic E-state index is 12.7. The topological polar surface area (TPSA) is 52.5 Å². The molecule has 1 heterocycles. The van der Waals surface area contributed by atoms with Crippen molar-refractivity contribution in [3.05, 3.63) is 77.1 Å². The predicted molar refractivity (Wildman–Crippen MR) is 111 cm³/mol. The quantitative estimate of drug-likeness (QED) is 0.626. The number of amides is 1. The number of aryl methyl sites for hydroxylation is 2. The van der Waals surface area contributed by atoms with Crippen LogP contribution in [0.25, 0.3) is 5.69 Å². The van der Waals surface area contributed by atoms with Crippen LogP contribution in [0.2, 0.25) is 0 Å². The van der Waals surface area contributed by atoms with Crippen LogP contribution in [0.1, 0.15) is 27.3 Å². The Morgan fingerprint density at radius 2 is 1.75 bits per heavy atom. The van der Waals surface area contributed by atoms with Crippen LogP contribution in [-0.2, 0) is 0 Å². The molecule has 0 unspecified atom stereocenters. The molecular formula is C23H26N2O3. The molecule has 3 rings (SSSR count). The number of hydrogen-bond acceptors (Lipinski definition) is 3. The monoisotopic (exact) mass is 378 g/mol. The zero-order valence-corrected chi connectivity index (χ0v) is 16.8.